The van der Waals surface area contributed by atoms with E-state index in [-0.39, 0.29) is 25.4 Å². The number of carbonyl (C=O) groups is 2. The highest BCUT2D eigenvalue weighted by Crippen LogP contribution is 2.16. The molecule has 128 valence electrons. The molecule has 1 aromatic heterocycles. The molecule has 0 atom stereocenters. The standard InChI is InChI=1S/C18H16BrN3O3/c19-15-3-1-2-13(6-15)10-22(11-18(24)25)17(23)8-12-4-5-14-9-20-21-16(14)7-12/h1-7,9H,8,10-11H2,(H,20,21)(H,24,25). The van der Waals surface area contributed by atoms with E-state index in [1.54, 1.807) is 6.20 Å². The molecule has 7 heteroatoms. The van der Waals surface area contributed by atoms with E-state index in [0.717, 1.165) is 26.5 Å². The minimum absolute atomic E-state index is 0.135. The van der Waals surface area contributed by atoms with Gasteiger partial charge in [-0.15, -0.1) is 0 Å². The molecule has 1 amide bonds. The summed E-state index contributed by atoms with van der Waals surface area (Å²) in [5, 5.41) is 16.9. The van der Waals surface area contributed by atoms with Gasteiger partial charge in [-0.2, -0.15) is 5.10 Å². The number of rotatable bonds is 6. The SMILES string of the molecule is O=C(O)CN(Cc1cccc(Br)c1)C(=O)Cc1ccc2cn[nH]c2c1. The molecule has 6 nitrogen and oxygen atoms in total. The number of carboxylic acids is 1. The number of aliphatic carboxylic acids is 1. The maximum atomic E-state index is 12.6. The van der Waals surface area contributed by atoms with E-state index in [2.05, 4.69) is 26.1 Å². The van der Waals surface area contributed by atoms with Gasteiger partial charge in [-0.05, 0) is 29.3 Å². The molecule has 2 aromatic carbocycles. The number of carbonyl (C=O) groups excluding carboxylic acids is 1. The molecule has 0 saturated carbocycles. The molecule has 0 spiro atoms. The van der Waals surface area contributed by atoms with E-state index in [1.165, 1.54) is 4.90 Å². The highest BCUT2D eigenvalue weighted by Gasteiger charge is 2.18. The zero-order chi connectivity index (χ0) is 17.8. The highest BCUT2D eigenvalue weighted by atomic mass is 79.9. The number of benzene rings is 2. The Bertz CT molecular complexity index is 923. The maximum Gasteiger partial charge on any atom is 0.323 e. The van der Waals surface area contributed by atoms with E-state index in [0.29, 0.717) is 0 Å². The number of amides is 1. The average Bonchev–Trinajstić information content (AvgIpc) is 3.01. The lowest BCUT2D eigenvalue weighted by atomic mass is 10.1. The normalized spacial score (nSPS) is 10.8. The van der Waals surface area contributed by atoms with Gasteiger partial charge < -0.3 is 10.0 Å². The summed E-state index contributed by atoms with van der Waals surface area (Å²) in [5.41, 5.74) is 2.53. The Morgan fingerprint density at radius 3 is 2.76 bits per heavy atom. The third-order valence-electron chi connectivity index (χ3n) is 3.80. The van der Waals surface area contributed by atoms with Crippen LogP contribution in [-0.4, -0.2) is 38.6 Å². The number of carboxylic acid groups (broad SMARTS) is 1. The Hall–Kier alpha value is -2.67. The minimum Gasteiger partial charge on any atom is -0.480 e. The molecule has 3 rings (SSSR count). The van der Waals surface area contributed by atoms with Gasteiger partial charge in [0, 0.05) is 16.4 Å². The van der Waals surface area contributed by atoms with Crippen molar-refractivity contribution in [1.29, 1.82) is 0 Å². The topological polar surface area (TPSA) is 86.3 Å². The van der Waals surface area contributed by atoms with E-state index in [1.807, 2.05) is 42.5 Å². The third-order valence-corrected chi connectivity index (χ3v) is 4.30. The molecule has 0 radical (unpaired) electrons. The first-order valence-corrected chi connectivity index (χ1v) is 8.46. The Morgan fingerprint density at radius 2 is 2.00 bits per heavy atom. The largest absolute Gasteiger partial charge is 0.480 e. The van der Waals surface area contributed by atoms with Gasteiger partial charge in [0.1, 0.15) is 6.54 Å². The monoisotopic (exact) mass is 401 g/mol. The van der Waals surface area contributed by atoms with Gasteiger partial charge in [0.05, 0.1) is 18.1 Å². The molecule has 1 heterocycles. The third kappa shape index (κ3) is 4.45. The van der Waals surface area contributed by atoms with Gasteiger partial charge in [-0.25, -0.2) is 0 Å². The van der Waals surface area contributed by atoms with Crippen LogP contribution in [0.25, 0.3) is 10.9 Å². The Morgan fingerprint density at radius 1 is 1.16 bits per heavy atom. The van der Waals surface area contributed by atoms with Gasteiger partial charge >= 0.3 is 5.97 Å². The molecule has 0 fully saturated rings. The summed E-state index contributed by atoms with van der Waals surface area (Å²) in [7, 11) is 0. The van der Waals surface area contributed by atoms with Crippen molar-refractivity contribution in [2.24, 2.45) is 0 Å². The van der Waals surface area contributed by atoms with E-state index >= 15 is 0 Å². The molecule has 25 heavy (non-hydrogen) atoms. The molecular weight excluding hydrogens is 386 g/mol. The van der Waals surface area contributed by atoms with Crippen molar-refractivity contribution in [3.8, 4) is 0 Å². The number of halogens is 1. The first-order valence-electron chi connectivity index (χ1n) is 7.67. The zero-order valence-electron chi connectivity index (χ0n) is 13.3. The molecule has 0 aliphatic carbocycles. The van der Waals surface area contributed by atoms with Crippen molar-refractivity contribution < 1.29 is 14.7 Å². The van der Waals surface area contributed by atoms with Crippen LogP contribution in [0.15, 0.2) is 53.1 Å². The van der Waals surface area contributed by atoms with Crippen molar-refractivity contribution in [3.63, 3.8) is 0 Å². The fourth-order valence-electron chi connectivity index (χ4n) is 2.63. The Kier molecular flexibility index (Phi) is 5.14. The number of fused-ring (bicyclic) bond motifs is 1. The van der Waals surface area contributed by atoms with Gasteiger partial charge in [0.15, 0.2) is 0 Å². The fourth-order valence-corrected chi connectivity index (χ4v) is 3.08. The molecule has 0 saturated heterocycles. The molecular formula is C18H16BrN3O3. The van der Waals surface area contributed by atoms with Gasteiger partial charge in [0.2, 0.25) is 5.91 Å². The number of hydrogen-bond donors (Lipinski definition) is 2. The van der Waals surface area contributed by atoms with Crippen molar-refractivity contribution in [2.75, 3.05) is 6.54 Å². The van der Waals surface area contributed by atoms with Crippen LogP contribution in [0.3, 0.4) is 0 Å². The minimum atomic E-state index is -1.03. The lowest BCUT2D eigenvalue weighted by Gasteiger charge is -2.21. The summed E-state index contributed by atoms with van der Waals surface area (Å²) in [6, 6.07) is 13.1. The Balaban J connectivity index is 1.77. The van der Waals surface area contributed by atoms with Crippen LogP contribution in [0.5, 0.6) is 0 Å². The Labute approximate surface area is 152 Å². The highest BCUT2D eigenvalue weighted by molar-refractivity contribution is 9.10. The molecule has 0 unspecified atom stereocenters. The number of aromatic nitrogens is 2. The quantitative estimate of drug-likeness (QED) is 0.664. The second-order valence-electron chi connectivity index (χ2n) is 5.74. The van der Waals surface area contributed by atoms with E-state index in [4.69, 9.17) is 5.11 Å². The summed E-state index contributed by atoms with van der Waals surface area (Å²) in [6.07, 6.45) is 1.85. The van der Waals surface area contributed by atoms with Crippen molar-refractivity contribution >= 4 is 38.7 Å². The lowest BCUT2D eigenvalue weighted by molar-refractivity contribution is -0.144. The van der Waals surface area contributed by atoms with Crippen LogP contribution in [0.4, 0.5) is 0 Å². The van der Waals surface area contributed by atoms with Crippen LogP contribution in [-0.2, 0) is 22.6 Å². The number of nitrogens with one attached hydrogen (secondary N) is 1. The first kappa shape index (κ1) is 17.2. The van der Waals surface area contributed by atoms with Gasteiger partial charge in [-0.3, -0.25) is 14.7 Å². The van der Waals surface area contributed by atoms with Crippen LogP contribution >= 0.6 is 15.9 Å². The zero-order valence-corrected chi connectivity index (χ0v) is 14.9. The average molecular weight is 402 g/mol. The van der Waals surface area contributed by atoms with Crippen molar-refractivity contribution in [2.45, 2.75) is 13.0 Å². The fraction of sp³-hybridized carbons (Fsp3) is 0.167. The van der Waals surface area contributed by atoms with Gasteiger partial charge in [-0.1, -0.05) is 40.2 Å². The molecule has 3 aromatic rings. The van der Waals surface area contributed by atoms with Crippen LogP contribution in [0.2, 0.25) is 0 Å². The van der Waals surface area contributed by atoms with Gasteiger partial charge in [0.25, 0.3) is 0 Å². The molecule has 0 bridgehead atoms. The summed E-state index contributed by atoms with van der Waals surface area (Å²) in [4.78, 5) is 25.1. The summed E-state index contributed by atoms with van der Waals surface area (Å²) in [5.74, 6) is -1.27. The van der Waals surface area contributed by atoms with Crippen LogP contribution in [0, 0.1) is 0 Å². The van der Waals surface area contributed by atoms with E-state index < -0.39 is 5.97 Å². The lowest BCUT2D eigenvalue weighted by Crippen LogP contribution is -2.36. The van der Waals surface area contributed by atoms with Crippen LogP contribution in [0.1, 0.15) is 11.1 Å². The van der Waals surface area contributed by atoms with Crippen molar-refractivity contribution in [3.05, 3.63) is 64.3 Å². The molecule has 2 N–H and O–H groups in total. The van der Waals surface area contributed by atoms with Crippen LogP contribution < -0.4 is 0 Å². The summed E-state index contributed by atoms with van der Waals surface area (Å²) >= 11 is 3.38. The predicted octanol–water partition coefficient (Wildman–Crippen LogP) is 2.98. The second kappa shape index (κ2) is 7.48. The number of H-pyrrole nitrogens is 1. The summed E-state index contributed by atoms with van der Waals surface area (Å²) < 4.78 is 0.887. The molecule has 0 aliphatic rings. The molecule has 0 aliphatic heterocycles. The first-order chi connectivity index (χ1) is 12.0. The number of nitrogens with zero attached hydrogens (tertiary/aromatic N) is 2. The predicted molar refractivity (Wildman–Crippen MR) is 97.0 cm³/mol. The smallest absolute Gasteiger partial charge is 0.323 e. The maximum absolute atomic E-state index is 12.6. The van der Waals surface area contributed by atoms with E-state index in [9.17, 15) is 9.59 Å². The van der Waals surface area contributed by atoms with Crippen molar-refractivity contribution in [1.82, 2.24) is 15.1 Å². The second-order valence-corrected chi connectivity index (χ2v) is 6.66. The number of aromatic amines is 1. The summed E-state index contributed by atoms with van der Waals surface area (Å²) in [6.45, 7) is -0.0888. The number of hydrogen-bond acceptors (Lipinski definition) is 3.